The van der Waals surface area contributed by atoms with E-state index in [-0.39, 0.29) is 11.5 Å². The van der Waals surface area contributed by atoms with E-state index >= 15 is 0 Å². The molecule has 0 aliphatic rings. The van der Waals surface area contributed by atoms with Gasteiger partial charge in [0.05, 0.1) is 6.61 Å². The summed E-state index contributed by atoms with van der Waals surface area (Å²) in [6.07, 6.45) is 6.03. The van der Waals surface area contributed by atoms with Crippen LogP contribution in [0.4, 0.5) is 0 Å². The predicted octanol–water partition coefficient (Wildman–Crippen LogP) is 2.47. The summed E-state index contributed by atoms with van der Waals surface area (Å²) in [4.78, 5) is 9.70. The summed E-state index contributed by atoms with van der Waals surface area (Å²) in [5.41, 5.74) is 0. The first kappa shape index (κ1) is 12.7. The zero-order valence-electron chi connectivity index (χ0n) is 7.78. The van der Waals surface area contributed by atoms with Gasteiger partial charge in [0.1, 0.15) is 0 Å². The molecule has 0 heterocycles. The molecule has 0 amide bonds. The van der Waals surface area contributed by atoms with Gasteiger partial charge in [-0.25, -0.2) is 0 Å². The molecule has 0 N–H and O–H groups in total. The van der Waals surface area contributed by atoms with Crippen LogP contribution >= 0.6 is 12.9 Å². The van der Waals surface area contributed by atoms with E-state index in [0.717, 1.165) is 32.1 Å². The van der Waals surface area contributed by atoms with Crippen LogP contribution in [0, 0.1) is 10.1 Å². The second kappa shape index (κ2) is 9.80. The Morgan fingerprint density at radius 1 is 1.08 bits per heavy atom. The second-order valence-electron chi connectivity index (χ2n) is 3.01. The normalized spacial score (nSPS) is 10.2. The van der Waals surface area contributed by atoms with E-state index in [4.69, 9.17) is 0 Å². The predicted molar refractivity (Wildman–Crippen MR) is 54.5 cm³/mol. The summed E-state index contributed by atoms with van der Waals surface area (Å²) in [5.74, 6) is 0. The SMILES string of the molecule is O=[N+]([O-])CCCCCCCCOS. The van der Waals surface area contributed by atoms with Crippen LogP contribution in [0.5, 0.6) is 0 Å². The van der Waals surface area contributed by atoms with Crippen LogP contribution < -0.4 is 0 Å². The van der Waals surface area contributed by atoms with Crippen LogP contribution in [0.25, 0.3) is 0 Å². The molecule has 0 unspecified atom stereocenters. The Balaban J connectivity index is 2.87. The molecular weight excluding hydrogens is 190 g/mol. The van der Waals surface area contributed by atoms with E-state index in [1.807, 2.05) is 0 Å². The molecule has 0 saturated heterocycles. The van der Waals surface area contributed by atoms with Crippen molar-refractivity contribution < 1.29 is 9.11 Å². The largest absolute Gasteiger partial charge is 0.319 e. The monoisotopic (exact) mass is 207 g/mol. The van der Waals surface area contributed by atoms with Gasteiger partial charge in [-0.1, -0.05) is 19.3 Å². The molecule has 0 atom stereocenters. The fraction of sp³-hybridized carbons (Fsp3) is 1.00. The zero-order chi connectivity index (χ0) is 9.94. The van der Waals surface area contributed by atoms with E-state index in [2.05, 4.69) is 17.1 Å². The Labute approximate surface area is 84.4 Å². The van der Waals surface area contributed by atoms with Gasteiger partial charge >= 0.3 is 0 Å². The number of unbranched alkanes of at least 4 members (excludes halogenated alkanes) is 5. The molecule has 0 aliphatic carbocycles. The summed E-state index contributed by atoms with van der Waals surface area (Å²) < 4.78 is 4.61. The highest BCUT2D eigenvalue weighted by Crippen LogP contribution is 2.05. The van der Waals surface area contributed by atoms with Crippen LogP contribution in [-0.2, 0) is 4.18 Å². The van der Waals surface area contributed by atoms with Crippen molar-refractivity contribution in [3.05, 3.63) is 10.1 Å². The van der Waals surface area contributed by atoms with Crippen LogP contribution in [0.3, 0.4) is 0 Å². The van der Waals surface area contributed by atoms with Gasteiger partial charge in [-0.3, -0.25) is 10.1 Å². The van der Waals surface area contributed by atoms with Crippen LogP contribution in [0.15, 0.2) is 0 Å². The molecule has 0 saturated carbocycles. The highest BCUT2D eigenvalue weighted by Gasteiger charge is 1.96. The van der Waals surface area contributed by atoms with Crippen molar-refractivity contribution >= 4 is 12.9 Å². The fourth-order valence-corrected chi connectivity index (χ4v) is 1.24. The van der Waals surface area contributed by atoms with Gasteiger partial charge in [0.15, 0.2) is 0 Å². The molecule has 0 aromatic carbocycles. The van der Waals surface area contributed by atoms with Gasteiger partial charge in [0.25, 0.3) is 0 Å². The Hall–Kier alpha value is -0.290. The minimum absolute atomic E-state index is 0.111. The number of nitro groups is 1. The number of thiol groups is 1. The first-order valence-corrected chi connectivity index (χ1v) is 5.02. The zero-order valence-corrected chi connectivity index (χ0v) is 8.67. The lowest BCUT2D eigenvalue weighted by Crippen LogP contribution is -1.99. The molecule has 78 valence electrons. The van der Waals surface area contributed by atoms with Gasteiger partial charge < -0.3 is 4.18 Å². The van der Waals surface area contributed by atoms with Gasteiger partial charge in [-0.05, 0) is 25.8 Å². The number of nitrogens with zero attached hydrogens (tertiary/aromatic N) is 1. The van der Waals surface area contributed by atoms with E-state index in [1.165, 1.54) is 0 Å². The quantitative estimate of drug-likeness (QED) is 0.208. The maximum atomic E-state index is 9.95. The minimum Gasteiger partial charge on any atom is -0.319 e. The van der Waals surface area contributed by atoms with Crippen LogP contribution in [0.2, 0.25) is 0 Å². The van der Waals surface area contributed by atoms with Crippen molar-refractivity contribution in [3.63, 3.8) is 0 Å². The maximum absolute atomic E-state index is 9.95. The highest BCUT2D eigenvalue weighted by molar-refractivity contribution is 7.75. The molecule has 13 heavy (non-hydrogen) atoms. The highest BCUT2D eigenvalue weighted by atomic mass is 32.1. The number of hydrogen-bond acceptors (Lipinski definition) is 4. The van der Waals surface area contributed by atoms with Gasteiger partial charge in [0.2, 0.25) is 6.54 Å². The first-order valence-electron chi connectivity index (χ1n) is 4.65. The van der Waals surface area contributed by atoms with Gasteiger partial charge in [-0.15, -0.1) is 0 Å². The smallest absolute Gasteiger partial charge is 0.203 e. The molecule has 0 fully saturated rings. The molecule has 0 aromatic rings. The minimum atomic E-state index is -0.255. The number of hydrogen-bond donors (Lipinski definition) is 1. The van der Waals surface area contributed by atoms with E-state index in [9.17, 15) is 10.1 Å². The molecule has 0 bridgehead atoms. The molecule has 0 rings (SSSR count). The van der Waals surface area contributed by atoms with Crippen molar-refractivity contribution in [1.82, 2.24) is 0 Å². The third kappa shape index (κ3) is 11.7. The average Bonchev–Trinajstić information content (AvgIpc) is 2.09. The topological polar surface area (TPSA) is 52.4 Å². The summed E-state index contributed by atoms with van der Waals surface area (Å²) in [6, 6.07) is 0. The lowest BCUT2D eigenvalue weighted by atomic mass is 10.1. The third-order valence-corrected chi connectivity index (χ3v) is 2.01. The molecule has 5 heteroatoms. The van der Waals surface area contributed by atoms with Crippen molar-refractivity contribution in [2.45, 2.75) is 38.5 Å². The van der Waals surface area contributed by atoms with Crippen LogP contribution in [0.1, 0.15) is 38.5 Å². The van der Waals surface area contributed by atoms with Crippen molar-refractivity contribution in [3.8, 4) is 0 Å². The average molecular weight is 207 g/mol. The van der Waals surface area contributed by atoms with E-state index in [0.29, 0.717) is 13.0 Å². The Morgan fingerprint density at radius 3 is 2.15 bits per heavy atom. The Morgan fingerprint density at radius 2 is 1.62 bits per heavy atom. The van der Waals surface area contributed by atoms with Crippen molar-refractivity contribution in [2.24, 2.45) is 0 Å². The third-order valence-electron chi connectivity index (χ3n) is 1.83. The van der Waals surface area contributed by atoms with E-state index < -0.39 is 0 Å². The van der Waals surface area contributed by atoms with Crippen molar-refractivity contribution in [2.75, 3.05) is 13.2 Å². The second-order valence-corrected chi connectivity index (χ2v) is 3.27. The summed E-state index contributed by atoms with van der Waals surface area (Å²) >= 11 is 3.63. The first-order chi connectivity index (χ1) is 6.27. The van der Waals surface area contributed by atoms with Gasteiger partial charge in [-0.2, -0.15) is 0 Å². The molecule has 0 aromatic heterocycles. The molecular formula is C8H17NO3S. The fourth-order valence-electron chi connectivity index (χ4n) is 1.11. The van der Waals surface area contributed by atoms with E-state index in [1.54, 1.807) is 0 Å². The standard InChI is InChI=1S/C8H17NO3S/c10-9(11)7-5-3-1-2-4-6-8-12-13/h13H,1-8H2. The van der Waals surface area contributed by atoms with Gasteiger partial charge in [0, 0.05) is 11.3 Å². The van der Waals surface area contributed by atoms with Crippen molar-refractivity contribution in [1.29, 1.82) is 0 Å². The molecule has 4 nitrogen and oxygen atoms in total. The molecule has 0 aliphatic heterocycles. The Kier molecular flexibility index (Phi) is 9.58. The maximum Gasteiger partial charge on any atom is 0.203 e. The molecule has 0 spiro atoms. The Bertz CT molecular complexity index is 133. The lowest BCUT2D eigenvalue weighted by molar-refractivity contribution is -0.480. The summed E-state index contributed by atoms with van der Waals surface area (Å²) in [7, 11) is 0. The summed E-state index contributed by atoms with van der Waals surface area (Å²) in [5, 5.41) is 9.95. The summed E-state index contributed by atoms with van der Waals surface area (Å²) in [6.45, 7) is 0.803. The molecule has 0 radical (unpaired) electrons. The number of rotatable bonds is 9. The van der Waals surface area contributed by atoms with Crippen LogP contribution in [-0.4, -0.2) is 18.1 Å². The lowest BCUT2D eigenvalue weighted by Gasteiger charge is -1.98.